The molecule has 192 valence electrons. The van der Waals surface area contributed by atoms with Crippen molar-refractivity contribution in [2.45, 2.75) is 25.6 Å². The number of aromatic nitrogens is 2. The number of aliphatic hydroxyl groups excluding tert-OH is 1. The average Bonchev–Trinajstić information content (AvgIpc) is 3.23. The van der Waals surface area contributed by atoms with Crippen LogP contribution < -0.4 is 5.32 Å². The van der Waals surface area contributed by atoms with E-state index in [0.29, 0.717) is 38.1 Å². The van der Waals surface area contributed by atoms with Crippen LogP contribution >= 0.6 is 23.2 Å². The molecule has 0 bridgehead atoms. The van der Waals surface area contributed by atoms with Crippen molar-refractivity contribution in [1.82, 2.24) is 15.1 Å². The molecule has 10 heteroatoms. The number of benzene rings is 3. The molecule has 0 saturated carbocycles. The first-order valence-corrected chi connectivity index (χ1v) is 12.1. The number of alkyl halides is 3. The van der Waals surface area contributed by atoms with Gasteiger partial charge in [0.1, 0.15) is 0 Å². The molecule has 0 aliphatic carbocycles. The Morgan fingerprint density at radius 1 is 1.03 bits per heavy atom. The second kappa shape index (κ2) is 11.0. The van der Waals surface area contributed by atoms with Gasteiger partial charge in [0.15, 0.2) is 5.69 Å². The van der Waals surface area contributed by atoms with Crippen molar-refractivity contribution in [2.75, 3.05) is 6.61 Å². The highest BCUT2D eigenvalue weighted by molar-refractivity contribution is 6.32. The summed E-state index contributed by atoms with van der Waals surface area (Å²) in [5, 5.41) is 18.1. The summed E-state index contributed by atoms with van der Waals surface area (Å²) >= 11 is 12.5. The van der Waals surface area contributed by atoms with Gasteiger partial charge in [0.05, 0.1) is 28.0 Å². The monoisotopic (exact) mass is 547 g/mol. The fraction of sp³-hybridized carbons (Fsp3) is 0.185. The lowest BCUT2D eigenvalue weighted by atomic mass is 10.0. The van der Waals surface area contributed by atoms with Crippen molar-refractivity contribution in [3.05, 3.63) is 105 Å². The van der Waals surface area contributed by atoms with Gasteiger partial charge < -0.3 is 10.4 Å². The Morgan fingerprint density at radius 2 is 1.68 bits per heavy atom. The van der Waals surface area contributed by atoms with Gasteiger partial charge in [0, 0.05) is 29.2 Å². The highest BCUT2D eigenvalue weighted by Crippen LogP contribution is 2.34. The Kier molecular flexibility index (Phi) is 7.92. The first-order valence-electron chi connectivity index (χ1n) is 11.3. The van der Waals surface area contributed by atoms with Gasteiger partial charge in [-0.15, -0.1) is 0 Å². The third kappa shape index (κ3) is 5.82. The summed E-state index contributed by atoms with van der Waals surface area (Å²) in [5.41, 5.74) is 2.07. The van der Waals surface area contributed by atoms with Crippen LogP contribution in [0.15, 0.2) is 72.8 Å². The second-order valence-corrected chi connectivity index (χ2v) is 9.18. The third-order valence-corrected chi connectivity index (χ3v) is 6.42. The van der Waals surface area contributed by atoms with E-state index in [1.807, 2.05) is 0 Å². The van der Waals surface area contributed by atoms with Crippen LogP contribution in [-0.4, -0.2) is 27.4 Å². The molecular formula is C27H22Cl2F3N3O2. The van der Waals surface area contributed by atoms with Crippen molar-refractivity contribution >= 4 is 29.1 Å². The number of hydrogen-bond donors (Lipinski definition) is 2. The van der Waals surface area contributed by atoms with Crippen LogP contribution in [0.4, 0.5) is 13.2 Å². The minimum absolute atomic E-state index is 0.0673. The highest BCUT2D eigenvalue weighted by Gasteiger charge is 2.30. The van der Waals surface area contributed by atoms with E-state index < -0.39 is 23.7 Å². The molecule has 3 aromatic carbocycles. The molecule has 1 amide bonds. The summed E-state index contributed by atoms with van der Waals surface area (Å²) < 4.78 is 40.3. The normalized spacial score (nSPS) is 12.4. The van der Waals surface area contributed by atoms with Gasteiger partial charge in [-0.25, -0.2) is 4.68 Å². The van der Waals surface area contributed by atoms with Crippen LogP contribution in [0.3, 0.4) is 0 Å². The van der Waals surface area contributed by atoms with Gasteiger partial charge in [-0.05, 0) is 48.9 Å². The third-order valence-electron chi connectivity index (χ3n) is 5.84. The van der Waals surface area contributed by atoms with Crippen molar-refractivity contribution in [3.63, 3.8) is 0 Å². The zero-order valence-electron chi connectivity index (χ0n) is 19.6. The van der Waals surface area contributed by atoms with Gasteiger partial charge in [-0.1, -0.05) is 59.6 Å². The van der Waals surface area contributed by atoms with E-state index in [1.165, 1.54) is 12.1 Å². The van der Waals surface area contributed by atoms with Crippen molar-refractivity contribution in [3.8, 4) is 16.9 Å². The number of aliphatic hydroxyl groups is 1. The second-order valence-electron chi connectivity index (χ2n) is 8.33. The van der Waals surface area contributed by atoms with Crippen LogP contribution in [0.1, 0.15) is 40.1 Å². The van der Waals surface area contributed by atoms with Gasteiger partial charge in [-0.3, -0.25) is 4.79 Å². The van der Waals surface area contributed by atoms with E-state index in [4.69, 9.17) is 23.2 Å². The van der Waals surface area contributed by atoms with Crippen LogP contribution in [0.5, 0.6) is 0 Å². The maximum absolute atomic E-state index is 13.4. The summed E-state index contributed by atoms with van der Waals surface area (Å²) in [4.78, 5) is 13.4. The molecule has 1 heterocycles. The van der Waals surface area contributed by atoms with E-state index in [2.05, 4.69) is 10.4 Å². The lowest BCUT2D eigenvalue weighted by molar-refractivity contribution is -0.137. The number of carbonyl (C=O) groups excluding carboxylic acids is 1. The Labute approximate surface area is 221 Å². The van der Waals surface area contributed by atoms with Gasteiger partial charge in [-0.2, -0.15) is 18.3 Å². The molecule has 0 radical (unpaired) electrons. The number of amides is 1. The Morgan fingerprint density at radius 3 is 2.27 bits per heavy atom. The zero-order valence-corrected chi connectivity index (χ0v) is 21.1. The van der Waals surface area contributed by atoms with Gasteiger partial charge >= 0.3 is 6.18 Å². The SMILES string of the molecule is C[C@@H](NC(=O)c1nn(-c2ccccc2Cl)c(-c2ccc(Cl)cc2)c1CCO)c1ccc(C(F)(F)F)cc1. The Balaban J connectivity index is 1.76. The van der Waals surface area contributed by atoms with E-state index >= 15 is 0 Å². The molecule has 37 heavy (non-hydrogen) atoms. The number of nitrogens with zero attached hydrogens (tertiary/aromatic N) is 2. The minimum atomic E-state index is -4.45. The molecule has 4 rings (SSSR count). The lowest BCUT2D eigenvalue weighted by Crippen LogP contribution is -2.28. The maximum atomic E-state index is 13.4. The molecule has 2 N–H and O–H groups in total. The van der Waals surface area contributed by atoms with Crippen molar-refractivity contribution in [1.29, 1.82) is 0 Å². The average molecular weight is 548 g/mol. The fourth-order valence-corrected chi connectivity index (χ4v) is 4.33. The molecule has 0 unspecified atom stereocenters. The predicted octanol–water partition coefficient (Wildman–Crippen LogP) is 6.89. The minimum Gasteiger partial charge on any atom is -0.396 e. The highest BCUT2D eigenvalue weighted by atomic mass is 35.5. The summed E-state index contributed by atoms with van der Waals surface area (Å²) in [6, 6.07) is 17.9. The summed E-state index contributed by atoms with van der Waals surface area (Å²) in [6.07, 6.45) is -4.33. The predicted molar refractivity (Wildman–Crippen MR) is 137 cm³/mol. The fourth-order valence-electron chi connectivity index (χ4n) is 3.99. The largest absolute Gasteiger partial charge is 0.416 e. The zero-order chi connectivity index (χ0) is 26.7. The van der Waals surface area contributed by atoms with E-state index in [1.54, 1.807) is 60.1 Å². The quantitative estimate of drug-likeness (QED) is 0.264. The molecule has 4 aromatic rings. The van der Waals surface area contributed by atoms with Crippen LogP contribution in [0, 0.1) is 0 Å². The topological polar surface area (TPSA) is 67.2 Å². The molecular weight excluding hydrogens is 526 g/mol. The number of halogens is 5. The van der Waals surface area contributed by atoms with Crippen molar-refractivity contribution in [2.24, 2.45) is 0 Å². The maximum Gasteiger partial charge on any atom is 0.416 e. The first kappa shape index (κ1) is 26.7. The number of para-hydroxylation sites is 1. The number of carbonyl (C=O) groups is 1. The molecule has 1 aromatic heterocycles. The van der Waals surface area contributed by atoms with Gasteiger partial charge in [0.2, 0.25) is 0 Å². The smallest absolute Gasteiger partial charge is 0.396 e. The van der Waals surface area contributed by atoms with E-state index in [9.17, 15) is 23.1 Å². The number of rotatable bonds is 7. The molecule has 0 saturated heterocycles. The molecule has 0 aliphatic rings. The molecule has 0 fully saturated rings. The van der Waals surface area contributed by atoms with E-state index in [-0.39, 0.29) is 18.7 Å². The van der Waals surface area contributed by atoms with Crippen LogP contribution in [0.2, 0.25) is 10.0 Å². The molecule has 1 atom stereocenters. The van der Waals surface area contributed by atoms with Crippen LogP contribution in [0.25, 0.3) is 16.9 Å². The van der Waals surface area contributed by atoms with Crippen molar-refractivity contribution < 1.29 is 23.1 Å². The number of nitrogens with one attached hydrogen (secondary N) is 1. The summed E-state index contributed by atoms with van der Waals surface area (Å²) in [7, 11) is 0. The lowest BCUT2D eigenvalue weighted by Gasteiger charge is -2.15. The molecule has 0 aliphatic heterocycles. The van der Waals surface area contributed by atoms with Gasteiger partial charge in [0.25, 0.3) is 5.91 Å². The molecule has 5 nitrogen and oxygen atoms in total. The summed E-state index contributed by atoms with van der Waals surface area (Å²) in [6.45, 7) is 1.42. The summed E-state index contributed by atoms with van der Waals surface area (Å²) in [5.74, 6) is -0.545. The Bertz CT molecular complexity index is 1400. The number of hydrogen-bond acceptors (Lipinski definition) is 3. The van der Waals surface area contributed by atoms with E-state index in [0.717, 1.165) is 12.1 Å². The first-order chi connectivity index (χ1) is 17.6. The van der Waals surface area contributed by atoms with Crippen LogP contribution in [-0.2, 0) is 12.6 Å². The Hall–Kier alpha value is -3.33. The standard InChI is InChI=1S/C27H22Cl2F3N3O2/c1-16(17-6-10-19(11-7-17)27(30,31)32)33-26(37)24-21(14-15-36)25(18-8-12-20(28)13-9-18)35(34-24)23-5-3-2-4-22(23)29/h2-13,16,36H,14-15H2,1H3,(H,33,37)/t16-/m1/s1. The molecule has 0 spiro atoms.